The van der Waals surface area contributed by atoms with Gasteiger partial charge >= 0.3 is 5.97 Å². The zero-order valence-corrected chi connectivity index (χ0v) is 18.3. The van der Waals surface area contributed by atoms with Crippen molar-refractivity contribution in [3.8, 4) is 11.5 Å². The zero-order chi connectivity index (χ0) is 22.6. The van der Waals surface area contributed by atoms with Gasteiger partial charge in [0.1, 0.15) is 13.2 Å². The number of carbonyl (C=O) groups excluding carboxylic acids is 1. The lowest BCUT2D eigenvalue weighted by atomic mass is 9.99. The number of ether oxygens (including phenoxy) is 3. The lowest BCUT2D eigenvalue weighted by Gasteiger charge is -2.23. The number of carbonyl (C=O) groups is 1. The van der Waals surface area contributed by atoms with E-state index in [0.717, 1.165) is 11.1 Å². The third kappa shape index (κ3) is 4.92. The maximum absolute atomic E-state index is 13.2. The van der Waals surface area contributed by atoms with Crippen molar-refractivity contribution in [1.82, 2.24) is 4.72 Å². The number of fused-ring (bicyclic) bond motifs is 1. The molecule has 0 aromatic heterocycles. The third-order valence-corrected chi connectivity index (χ3v) is 6.62. The van der Waals surface area contributed by atoms with Crippen LogP contribution in [0.1, 0.15) is 27.5 Å². The summed E-state index contributed by atoms with van der Waals surface area (Å²) < 4.78 is 45.1. The molecule has 166 valence electrons. The minimum Gasteiger partial charge on any atom is -0.486 e. The molecule has 0 aliphatic carbocycles. The lowest BCUT2D eigenvalue weighted by molar-refractivity contribution is 0.0600. The van der Waals surface area contributed by atoms with Gasteiger partial charge in [-0.1, -0.05) is 36.4 Å². The second kappa shape index (κ2) is 9.42. The van der Waals surface area contributed by atoms with E-state index in [4.69, 9.17) is 9.47 Å². The van der Waals surface area contributed by atoms with Crippen molar-refractivity contribution < 1.29 is 27.4 Å². The molecule has 8 heteroatoms. The Morgan fingerprint density at radius 1 is 0.969 bits per heavy atom. The summed E-state index contributed by atoms with van der Waals surface area (Å²) in [6.45, 7) is 0.923. The average Bonchev–Trinajstić information content (AvgIpc) is 2.83. The molecule has 0 spiro atoms. The second-order valence-electron chi connectivity index (χ2n) is 7.28. The van der Waals surface area contributed by atoms with Crippen LogP contribution < -0.4 is 14.2 Å². The Morgan fingerprint density at radius 3 is 2.34 bits per heavy atom. The molecule has 0 amide bonds. The van der Waals surface area contributed by atoms with E-state index in [1.807, 2.05) is 42.5 Å². The molecule has 1 unspecified atom stereocenters. The zero-order valence-electron chi connectivity index (χ0n) is 17.5. The Morgan fingerprint density at radius 2 is 1.66 bits per heavy atom. The Bertz CT molecular complexity index is 1190. The van der Waals surface area contributed by atoms with Crippen molar-refractivity contribution in [3.05, 3.63) is 89.5 Å². The minimum absolute atomic E-state index is 0.0563. The van der Waals surface area contributed by atoms with Crippen molar-refractivity contribution in [2.45, 2.75) is 17.4 Å². The topological polar surface area (TPSA) is 90.9 Å². The highest BCUT2D eigenvalue weighted by molar-refractivity contribution is 7.89. The molecule has 1 atom stereocenters. The van der Waals surface area contributed by atoms with E-state index in [9.17, 15) is 13.2 Å². The van der Waals surface area contributed by atoms with E-state index in [0.29, 0.717) is 31.1 Å². The highest BCUT2D eigenvalue weighted by atomic mass is 32.2. The largest absolute Gasteiger partial charge is 0.486 e. The van der Waals surface area contributed by atoms with Gasteiger partial charge < -0.3 is 14.2 Å². The molecule has 4 rings (SSSR count). The Labute approximate surface area is 187 Å². The number of benzene rings is 3. The quantitative estimate of drug-likeness (QED) is 0.551. The lowest BCUT2D eigenvalue weighted by Crippen LogP contribution is -2.30. The molecule has 7 nitrogen and oxygen atoms in total. The molecule has 1 heterocycles. The predicted octanol–water partition coefficient (Wildman–Crippen LogP) is 3.51. The maximum Gasteiger partial charge on any atom is 0.337 e. The van der Waals surface area contributed by atoms with Gasteiger partial charge in [0.05, 0.1) is 23.6 Å². The summed E-state index contributed by atoms with van der Waals surface area (Å²) in [5, 5.41) is 0. The molecule has 32 heavy (non-hydrogen) atoms. The first-order chi connectivity index (χ1) is 15.5. The van der Waals surface area contributed by atoms with Gasteiger partial charge in [0.2, 0.25) is 10.0 Å². The first-order valence-corrected chi connectivity index (χ1v) is 11.6. The molecule has 0 saturated heterocycles. The van der Waals surface area contributed by atoms with Gasteiger partial charge in [-0.2, -0.15) is 0 Å². The van der Waals surface area contributed by atoms with Crippen LogP contribution in [-0.4, -0.2) is 34.7 Å². The molecular weight excluding hydrogens is 430 g/mol. The van der Waals surface area contributed by atoms with Gasteiger partial charge in [0.15, 0.2) is 11.5 Å². The average molecular weight is 454 g/mol. The predicted molar refractivity (Wildman–Crippen MR) is 118 cm³/mol. The molecule has 1 aliphatic rings. The summed E-state index contributed by atoms with van der Waals surface area (Å²) in [5.74, 6) is 0.702. The number of hydrogen-bond donors (Lipinski definition) is 1. The van der Waals surface area contributed by atoms with E-state index in [2.05, 4.69) is 9.46 Å². The van der Waals surface area contributed by atoms with E-state index in [1.54, 1.807) is 6.07 Å². The monoisotopic (exact) mass is 453 g/mol. The first-order valence-electron chi connectivity index (χ1n) is 10.1. The summed E-state index contributed by atoms with van der Waals surface area (Å²) in [7, 11) is -2.60. The molecule has 1 N–H and O–H groups in total. The van der Waals surface area contributed by atoms with Crippen LogP contribution in [0.3, 0.4) is 0 Å². The normalized spacial score (nSPS) is 13.9. The van der Waals surface area contributed by atoms with Gasteiger partial charge in [-0.15, -0.1) is 0 Å². The van der Waals surface area contributed by atoms with E-state index < -0.39 is 22.0 Å². The van der Waals surface area contributed by atoms with Gasteiger partial charge in [-0.25, -0.2) is 17.9 Å². The van der Waals surface area contributed by atoms with Crippen molar-refractivity contribution in [1.29, 1.82) is 0 Å². The van der Waals surface area contributed by atoms with Crippen LogP contribution in [0, 0.1) is 0 Å². The number of hydrogen-bond acceptors (Lipinski definition) is 6. The van der Waals surface area contributed by atoms with Crippen LogP contribution in [0.25, 0.3) is 0 Å². The number of sulfonamides is 1. The standard InChI is InChI=1S/C24H23NO6S/c1-29-24(26)18-7-10-20(11-8-18)32(27,28)25-21(15-17-5-3-2-4-6-17)19-9-12-22-23(16-19)31-14-13-30-22/h2-12,16,21,25H,13-15H2,1H3. The summed E-state index contributed by atoms with van der Waals surface area (Å²) in [6.07, 6.45) is 0.444. The van der Waals surface area contributed by atoms with Crippen LogP contribution in [0.15, 0.2) is 77.7 Å². The van der Waals surface area contributed by atoms with Crippen LogP contribution in [0.5, 0.6) is 11.5 Å². The molecule has 0 bridgehead atoms. The fraction of sp³-hybridized carbons (Fsp3) is 0.208. The number of esters is 1. The van der Waals surface area contributed by atoms with Crippen LogP contribution in [0.2, 0.25) is 0 Å². The number of rotatable bonds is 7. The smallest absolute Gasteiger partial charge is 0.337 e. The van der Waals surface area contributed by atoms with Crippen LogP contribution >= 0.6 is 0 Å². The van der Waals surface area contributed by atoms with E-state index >= 15 is 0 Å². The molecule has 3 aromatic rings. The fourth-order valence-corrected chi connectivity index (χ4v) is 4.72. The van der Waals surface area contributed by atoms with Gasteiger partial charge in [0.25, 0.3) is 0 Å². The molecule has 1 aliphatic heterocycles. The van der Waals surface area contributed by atoms with Crippen molar-refractivity contribution in [3.63, 3.8) is 0 Å². The van der Waals surface area contributed by atoms with Gasteiger partial charge in [-0.3, -0.25) is 0 Å². The molecular formula is C24H23NO6S. The van der Waals surface area contributed by atoms with Crippen LogP contribution in [0.4, 0.5) is 0 Å². The Kier molecular flexibility index (Phi) is 6.43. The van der Waals surface area contributed by atoms with E-state index in [1.165, 1.54) is 31.4 Å². The van der Waals surface area contributed by atoms with Gasteiger partial charge in [-0.05, 0) is 53.9 Å². The Balaban J connectivity index is 1.64. The highest BCUT2D eigenvalue weighted by Crippen LogP contribution is 2.34. The summed E-state index contributed by atoms with van der Waals surface area (Å²) >= 11 is 0. The molecule has 0 saturated carbocycles. The van der Waals surface area contributed by atoms with Gasteiger partial charge in [0, 0.05) is 0 Å². The van der Waals surface area contributed by atoms with E-state index in [-0.39, 0.29) is 10.5 Å². The first kappa shape index (κ1) is 21.9. The molecule has 0 radical (unpaired) electrons. The summed E-state index contributed by atoms with van der Waals surface area (Å²) in [4.78, 5) is 11.7. The van der Waals surface area contributed by atoms with Crippen molar-refractivity contribution in [2.75, 3.05) is 20.3 Å². The van der Waals surface area contributed by atoms with Crippen molar-refractivity contribution in [2.24, 2.45) is 0 Å². The molecule has 3 aromatic carbocycles. The minimum atomic E-state index is -3.87. The summed E-state index contributed by atoms with van der Waals surface area (Å²) in [5.41, 5.74) is 2.02. The molecule has 0 fully saturated rings. The fourth-order valence-electron chi connectivity index (χ4n) is 3.50. The number of methoxy groups -OCH3 is 1. The Hall–Kier alpha value is -3.36. The number of nitrogens with one attached hydrogen (secondary N) is 1. The summed E-state index contributed by atoms with van der Waals surface area (Å²) in [6, 6.07) is 20.2. The SMILES string of the molecule is COC(=O)c1ccc(S(=O)(=O)NC(Cc2ccccc2)c2ccc3c(c2)OCCO3)cc1. The third-order valence-electron chi connectivity index (χ3n) is 5.13. The van der Waals surface area contributed by atoms with Crippen molar-refractivity contribution >= 4 is 16.0 Å². The maximum atomic E-state index is 13.2. The second-order valence-corrected chi connectivity index (χ2v) is 9.00. The van der Waals surface area contributed by atoms with Crippen LogP contribution in [-0.2, 0) is 21.2 Å². The highest BCUT2D eigenvalue weighted by Gasteiger charge is 2.24.